The minimum absolute atomic E-state index is 0.378. The number of methoxy groups -OCH3 is 1. The van der Waals surface area contributed by atoms with Crippen LogP contribution in [-0.4, -0.2) is 38.8 Å². The number of nitrogens with one attached hydrogen (secondary N) is 2. The number of hydrogen-bond acceptors (Lipinski definition) is 7. The molecule has 2 N–H and O–H groups in total. The van der Waals surface area contributed by atoms with E-state index in [9.17, 15) is 0 Å². The number of ether oxygens (including phenoxy) is 1. The Bertz CT molecular complexity index is 465. The predicted octanol–water partition coefficient (Wildman–Crippen LogP) is 1.32. The molecule has 0 aliphatic carbocycles. The van der Waals surface area contributed by atoms with Crippen LogP contribution in [-0.2, 0) is 11.3 Å². The lowest BCUT2D eigenvalue weighted by Crippen LogP contribution is -2.05. The highest BCUT2D eigenvalue weighted by molar-refractivity contribution is 7.99. The van der Waals surface area contributed by atoms with Crippen molar-refractivity contribution in [2.75, 3.05) is 19.0 Å². The molecule has 2 aromatic rings. The van der Waals surface area contributed by atoms with E-state index >= 15 is 0 Å². The van der Waals surface area contributed by atoms with Crippen LogP contribution < -0.4 is 5.32 Å². The third-order valence-electron chi connectivity index (χ3n) is 1.97. The number of hydrogen-bond donors (Lipinski definition) is 2. The van der Waals surface area contributed by atoms with E-state index in [4.69, 9.17) is 4.74 Å². The fraction of sp³-hybridized carbons (Fsp3) is 0.400. The first-order valence-electron chi connectivity index (χ1n) is 5.45. The first-order chi connectivity index (χ1) is 8.81. The molecule has 0 atom stereocenters. The Kier molecular flexibility index (Phi) is 4.48. The SMILES string of the molecule is CCNc1cc(Sc2ncn[nH]2)nc(COC)n1. The first-order valence-corrected chi connectivity index (χ1v) is 6.27. The van der Waals surface area contributed by atoms with Crippen molar-refractivity contribution < 1.29 is 4.74 Å². The van der Waals surface area contributed by atoms with Crippen molar-refractivity contribution in [3.05, 3.63) is 18.2 Å². The second-order valence-corrected chi connectivity index (χ2v) is 4.37. The largest absolute Gasteiger partial charge is 0.377 e. The van der Waals surface area contributed by atoms with Crippen molar-refractivity contribution in [2.24, 2.45) is 0 Å². The number of rotatable bonds is 6. The van der Waals surface area contributed by atoms with Crippen molar-refractivity contribution in [1.29, 1.82) is 0 Å². The molecule has 96 valence electrons. The zero-order valence-electron chi connectivity index (χ0n) is 10.2. The van der Waals surface area contributed by atoms with Gasteiger partial charge in [0.15, 0.2) is 11.0 Å². The van der Waals surface area contributed by atoms with Crippen LogP contribution in [0.3, 0.4) is 0 Å². The summed E-state index contributed by atoms with van der Waals surface area (Å²) in [5.74, 6) is 1.42. The Hall–Kier alpha value is -1.67. The molecule has 0 saturated carbocycles. The summed E-state index contributed by atoms with van der Waals surface area (Å²) in [5, 5.41) is 11.2. The molecular formula is C10H14N6OS. The maximum absolute atomic E-state index is 5.05. The summed E-state index contributed by atoms with van der Waals surface area (Å²) in [6.07, 6.45) is 1.46. The van der Waals surface area contributed by atoms with Crippen LogP contribution in [0.2, 0.25) is 0 Å². The van der Waals surface area contributed by atoms with Crippen LogP contribution in [0.25, 0.3) is 0 Å². The van der Waals surface area contributed by atoms with E-state index in [1.165, 1.54) is 18.1 Å². The van der Waals surface area contributed by atoms with Crippen molar-refractivity contribution >= 4 is 17.6 Å². The summed E-state index contributed by atoms with van der Waals surface area (Å²) < 4.78 is 5.05. The van der Waals surface area contributed by atoms with E-state index in [0.717, 1.165) is 17.4 Å². The number of anilines is 1. The zero-order valence-corrected chi connectivity index (χ0v) is 11.0. The van der Waals surface area contributed by atoms with Crippen LogP contribution in [0.1, 0.15) is 12.7 Å². The van der Waals surface area contributed by atoms with Gasteiger partial charge in [-0.15, -0.1) is 0 Å². The third-order valence-corrected chi connectivity index (χ3v) is 2.78. The van der Waals surface area contributed by atoms with E-state index in [1.54, 1.807) is 7.11 Å². The summed E-state index contributed by atoms with van der Waals surface area (Å²) in [6, 6.07) is 1.87. The van der Waals surface area contributed by atoms with Crippen molar-refractivity contribution in [3.63, 3.8) is 0 Å². The quantitative estimate of drug-likeness (QED) is 0.762. The highest BCUT2D eigenvalue weighted by Crippen LogP contribution is 2.24. The molecule has 7 nitrogen and oxygen atoms in total. The van der Waals surface area contributed by atoms with E-state index in [0.29, 0.717) is 17.6 Å². The van der Waals surface area contributed by atoms with E-state index in [2.05, 4.69) is 30.5 Å². The Morgan fingerprint density at radius 3 is 3.00 bits per heavy atom. The average Bonchev–Trinajstić information content (AvgIpc) is 2.82. The molecule has 2 heterocycles. The smallest absolute Gasteiger partial charge is 0.189 e. The molecule has 2 rings (SSSR count). The number of aromatic amines is 1. The van der Waals surface area contributed by atoms with Crippen molar-refractivity contribution in [2.45, 2.75) is 23.7 Å². The maximum atomic E-state index is 5.05. The normalized spacial score (nSPS) is 10.6. The minimum atomic E-state index is 0.378. The first kappa shape index (κ1) is 12.8. The van der Waals surface area contributed by atoms with Gasteiger partial charge >= 0.3 is 0 Å². The van der Waals surface area contributed by atoms with E-state index in [-0.39, 0.29) is 0 Å². The molecule has 0 bridgehead atoms. The summed E-state index contributed by atoms with van der Waals surface area (Å²) >= 11 is 1.40. The number of H-pyrrole nitrogens is 1. The molecule has 0 spiro atoms. The van der Waals surface area contributed by atoms with Crippen LogP contribution in [0.15, 0.2) is 22.6 Å². The van der Waals surface area contributed by atoms with Gasteiger partial charge in [0.1, 0.15) is 23.8 Å². The molecule has 2 aromatic heterocycles. The summed E-state index contributed by atoms with van der Waals surface area (Å²) in [5.41, 5.74) is 0. The van der Waals surface area contributed by atoms with Gasteiger partial charge in [-0.2, -0.15) is 5.10 Å². The standard InChI is InChI=1S/C10H14N6OS/c1-3-11-7-4-9(15-8(14-7)5-17-2)18-10-12-6-13-16-10/h4,6H,3,5H2,1-2H3,(H,11,14,15)(H,12,13,16). The Labute approximate surface area is 109 Å². The van der Waals surface area contributed by atoms with Crippen molar-refractivity contribution in [3.8, 4) is 0 Å². The summed E-state index contributed by atoms with van der Waals surface area (Å²) in [6.45, 7) is 3.19. The molecule has 0 saturated heterocycles. The fourth-order valence-corrected chi connectivity index (χ4v) is 2.05. The van der Waals surface area contributed by atoms with Gasteiger partial charge in [0.2, 0.25) is 0 Å². The van der Waals surface area contributed by atoms with Gasteiger partial charge in [0.25, 0.3) is 0 Å². The summed E-state index contributed by atoms with van der Waals surface area (Å²) in [4.78, 5) is 12.8. The maximum Gasteiger partial charge on any atom is 0.189 e. The second-order valence-electron chi connectivity index (χ2n) is 3.36. The lowest BCUT2D eigenvalue weighted by molar-refractivity contribution is 0.177. The lowest BCUT2D eigenvalue weighted by Gasteiger charge is -2.07. The van der Waals surface area contributed by atoms with Gasteiger partial charge in [-0.05, 0) is 18.7 Å². The lowest BCUT2D eigenvalue weighted by atomic mass is 10.5. The second kappa shape index (κ2) is 6.31. The zero-order chi connectivity index (χ0) is 12.8. The molecule has 0 radical (unpaired) electrons. The Morgan fingerprint density at radius 1 is 1.44 bits per heavy atom. The van der Waals surface area contributed by atoms with Gasteiger partial charge < -0.3 is 10.1 Å². The van der Waals surface area contributed by atoms with Gasteiger partial charge in [-0.1, -0.05) is 0 Å². The topological polar surface area (TPSA) is 88.6 Å². The van der Waals surface area contributed by atoms with E-state index in [1.807, 2.05) is 13.0 Å². The third kappa shape index (κ3) is 3.41. The van der Waals surface area contributed by atoms with Crippen molar-refractivity contribution in [1.82, 2.24) is 25.1 Å². The average molecular weight is 266 g/mol. The number of nitrogens with zero attached hydrogens (tertiary/aromatic N) is 4. The van der Waals surface area contributed by atoms with Gasteiger partial charge in [-0.3, -0.25) is 5.10 Å². The molecular weight excluding hydrogens is 252 g/mol. The molecule has 0 unspecified atom stereocenters. The molecule has 0 aromatic carbocycles. The van der Waals surface area contributed by atoms with Crippen LogP contribution in [0.4, 0.5) is 5.82 Å². The van der Waals surface area contributed by atoms with Crippen LogP contribution in [0.5, 0.6) is 0 Å². The molecule has 0 amide bonds. The molecule has 0 aliphatic heterocycles. The van der Waals surface area contributed by atoms with Crippen LogP contribution in [0, 0.1) is 0 Å². The van der Waals surface area contributed by atoms with Gasteiger partial charge in [0.05, 0.1) is 0 Å². The molecule has 18 heavy (non-hydrogen) atoms. The van der Waals surface area contributed by atoms with E-state index < -0.39 is 0 Å². The minimum Gasteiger partial charge on any atom is -0.377 e. The molecule has 8 heteroatoms. The van der Waals surface area contributed by atoms with Gasteiger partial charge in [-0.25, -0.2) is 15.0 Å². The highest BCUT2D eigenvalue weighted by atomic mass is 32.2. The van der Waals surface area contributed by atoms with Gasteiger partial charge in [0, 0.05) is 19.7 Å². The predicted molar refractivity (Wildman–Crippen MR) is 67.4 cm³/mol. The summed E-state index contributed by atoms with van der Waals surface area (Å²) in [7, 11) is 1.62. The highest BCUT2D eigenvalue weighted by Gasteiger charge is 2.07. The Balaban J connectivity index is 2.21. The van der Waals surface area contributed by atoms with Crippen LogP contribution >= 0.6 is 11.8 Å². The molecule has 0 fully saturated rings. The number of aromatic nitrogens is 5. The fourth-order valence-electron chi connectivity index (χ4n) is 1.33. The molecule has 0 aliphatic rings. The Morgan fingerprint density at radius 2 is 2.33 bits per heavy atom. The monoisotopic (exact) mass is 266 g/mol.